The van der Waals surface area contributed by atoms with Crippen molar-refractivity contribution in [3.63, 3.8) is 0 Å². The Kier molecular flexibility index (Phi) is 4.31. The normalized spacial score (nSPS) is 15.1. The number of hydrogen-bond donors (Lipinski definition) is 1. The summed E-state index contributed by atoms with van der Waals surface area (Å²) in [6.45, 7) is 3.19. The molecule has 1 aromatic heterocycles. The number of anilines is 2. The van der Waals surface area contributed by atoms with E-state index in [1.807, 2.05) is 12.3 Å². The predicted molar refractivity (Wildman–Crippen MR) is 83.3 cm³/mol. The van der Waals surface area contributed by atoms with Crippen LogP contribution in [0.1, 0.15) is 11.1 Å². The number of rotatable bonds is 4. The number of aromatic nitrogens is 2. The summed E-state index contributed by atoms with van der Waals surface area (Å²) in [5, 5.41) is 0. The first-order valence-corrected chi connectivity index (χ1v) is 7.31. The Morgan fingerprint density at radius 3 is 2.62 bits per heavy atom. The fourth-order valence-electron chi connectivity index (χ4n) is 2.56. The maximum atomic E-state index is 5.76. The van der Waals surface area contributed by atoms with Gasteiger partial charge in [0, 0.05) is 24.8 Å². The van der Waals surface area contributed by atoms with Gasteiger partial charge in [0.1, 0.15) is 5.82 Å². The molecule has 0 unspecified atom stereocenters. The SMILES string of the molecule is Nc1ncc(CCc2ccccc2)c(N2CCOCC2)n1. The fraction of sp³-hybridized carbons (Fsp3) is 0.375. The molecule has 0 bridgehead atoms. The van der Waals surface area contributed by atoms with Gasteiger partial charge >= 0.3 is 0 Å². The van der Waals surface area contributed by atoms with E-state index in [1.165, 1.54) is 5.56 Å². The number of nitrogen functional groups attached to an aromatic ring is 1. The number of aryl methyl sites for hydroxylation is 2. The van der Waals surface area contributed by atoms with E-state index in [-0.39, 0.29) is 0 Å². The standard InChI is InChI=1S/C16H20N4O/c17-16-18-12-14(7-6-13-4-2-1-3-5-13)15(19-16)20-8-10-21-11-9-20/h1-5,12H,6-11H2,(H2,17,18,19). The minimum atomic E-state index is 0.333. The molecule has 5 heteroatoms. The van der Waals surface area contributed by atoms with Gasteiger partial charge in [0.15, 0.2) is 0 Å². The molecule has 2 N–H and O–H groups in total. The summed E-state index contributed by atoms with van der Waals surface area (Å²) in [5.41, 5.74) is 8.23. The zero-order valence-electron chi connectivity index (χ0n) is 12.0. The van der Waals surface area contributed by atoms with Crippen LogP contribution in [0.3, 0.4) is 0 Å². The van der Waals surface area contributed by atoms with Gasteiger partial charge in [-0.1, -0.05) is 30.3 Å². The molecule has 0 amide bonds. The van der Waals surface area contributed by atoms with E-state index in [1.54, 1.807) is 0 Å². The Bertz CT molecular complexity index is 582. The number of nitrogens with zero attached hydrogens (tertiary/aromatic N) is 3. The summed E-state index contributed by atoms with van der Waals surface area (Å²) < 4.78 is 5.40. The largest absolute Gasteiger partial charge is 0.378 e. The van der Waals surface area contributed by atoms with Gasteiger partial charge in [-0.3, -0.25) is 0 Å². The smallest absolute Gasteiger partial charge is 0.221 e. The average molecular weight is 284 g/mol. The van der Waals surface area contributed by atoms with Crippen molar-refractivity contribution in [2.75, 3.05) is 36.9 Å². The van der Waals surface area contributed by atoms with Crippen molar-refractivity contribution < 1.29 is 4.74 Å². The molecular formula is C16H20N4O. The van der Waals surface area contributed by atoms with Crippen LogP contribution < -0.4 is 10.6 Å². The molecule has 5 nitrogen and oxygen atoms in total. The van der Waals surface area contributed by atoms with E-state index in [9.17, 15) is 0 Å². The van der Waals surface area contributed by atoms with Crippen LogP contribution in [0.5, 0.6) is 0 Å². The summed E-state index contributed by atoms with van der Waals surface area (Å²) in [6.07, 6.45) is 3.75. The van der Waals surface area contributed by atoms with Crippen molar-refractivity contribution in [3.05, 3.63) is 47.7 Å². The highest BCUT2D eigenvalue weighted by Gasteiger charge is 2.17. The molecule has 0 radical (unpaired) electrons. The second kappa shape index (κ2) is 6.54. The summed E-state index contributed by atoms with van der Waals surface area (Å²) in [5.74, 6) is 1.29. The molecule has 1 saturated heterocycles. The van der Waals surface area contributed by atoms with Gasteiger partial charge in [-0.2, -0.15) is 4.98 Å². The molecule has 2 heterocycles. The molecule has 1 aromatic carbocycles. The van der Waals surface area contributed by atoms with Crippen molar-refractivity contribution in [1.29, 1.82) is 0 Å². The number of benzene rings is 1. The first-order valence-electron chi connectivity index (χ1n) is 7.31. The molecule has 0 saturated carbocycles. The number of ether oxygens (including phenoxy) is 1. The van der Waals surface area contributed by atoms with Gasteiger partial charge in [-0.25, -0.2) is 4.98 Å². The molecule has 110 valence electrons. The van der Waals surface area contributed by atoms with Crippen LogP contribution in [-0.2, 0) is 17.6 Å². The quantitative estimate of drug-likeness (QED) is 0.925. The third kappa shape index (κ3) is 3.49. The third-order valence-electron chi connectivity index (χ3n) is 3.70. The maximum Gasteiger partial charge on any atom is 0.221 e. The second-order valence-corrected chi connectivity index (χ2v) is 5.16. The summed E-state index contributed by atoms with van der Waals surface area (Å²) in [4.78, 5) is 10.8. The fourth-order valence-corrected chi connectivity index (χ4v) is 2.56. The molecular weight excluding hydrogens is 264 g/mol. The Balaban J connectivity index is 1.77. The second-order valence-electron chi connectivity index (χ2n) is 5.16. The van der Waals surface area contributed by atoms with Gasteiger partial charge in [0.05, 0.1) is 13.2 Å². The van der Waals surface area contributed by atoms with Crippen molar-refractivity contribution in [2.45, 2.75) is 12.8 Å². The van der Waals surface area contributed by atoms with Crippen LogP contribution in [0.4, 0.5) is 11.8 Å². The zero-order chi connectivity index (χ0) is 14.5. The van der Waals surface area contributed by atoms with Crippen LogP contribution in [0.15, 0.2) is 36.5 Å². The van der Waals surface area contributed by atoms with E-state index < -0.39 is 0 Å². The Labute approximate surface area is 124 Å². The zero-order valence-corrected chi connectivity index (χ0v) is 12.0. The highest BCUT2D eigenvalue weighted by molar-refractivity contribution is 5.49. The molecule has 0 aliphatic carbocycles. The molecule has 1 fully saturated rings. The number of morpholine rings is 1. The minimum Gasteiger partial charge on any atom is -0.378 e. The van der Waals surface area contributed by atoms with E-state index in [0.29, 0.717) is 5.95 Å². The first kappa shape index (κ1) is 13.8. The average Bonchev–Trinajstić information content (AvgIpc) is 2.55. The lowest BCUT2D eigenvalue weighted by Gasteiger charge is -2.29. The van der Waals surface area contributed by atoms with E-state index in [4.69, 9.17) is 10.5 Å². The van der Waals surface area contributed by atoms with Gasteiger partial charge in [-0.15, -0.1) is 0 Å². The molecule has 2 aromatic rings. The molecule has 21 heavy (non-hydrogen) atoms. The number of nitrogens with two attached hydrogens (primary N) is 1. The van der Waals surface area contributed by atoms with Gasteiger partial charge in [0.2, 0.25) is 5.95 Å². The maximum absolute atomic E-state index is 5.76. The lowest BCUT2D eigenvalue weighted by Crippen LogP contribution is -2.37. The van der Waals surface area contributed by atoms with Gasteiger partial charge in [-0.05, 0) is 18.4 Å². The Morgan fingerprint density at radius 1 is 1.10 bits per heavy atom. The highest BCUT2D eigenvalue weighted by Crippen LogP contribution is 2.21. The summed E-state index contributed by atoms with van der Waals surface area (Å²) in [6, 6.07) is 10.5. The van der Waals surface area contributed by atoms with E-state index in [0.717, 1.165) is 50.5 Å². The van der Waals surface area contributed by atoms with Crippen LogP contribution >= 0.6 is 0 Å². The van der Waals surface area contributed by atoms with Crippen molar-refractivity contribution in [2.24, 2.45) is 0 Å². The van der Waals surface area contributed by atoms with E-state index >= 15 is 0 Å². The third-order valence-corrected chi connectivity index (χ3v) is 3.70. The molecule has 0 atom stereocenters. The minimum absolute atomic E-state index is 0.333. The van der Waals surface area contributed by atoms with Gasteiger partial charge in [0.25, 0.3) is 0 Å². The number of hydrogen-bond acceptors (Lipinski definition) is 5. The summed E-state index contributed by atoms with van der Waals surface area (Å²) >= 11 is 0. The lowest BCUT2D eigenvalue weighted by atomic mass is 10.1. The first-order chi connectivity index (χ1) is 10.3. The monoisotopic (exact) mass is 284 g/mol. The Morgan fingerprint density at radius 2 is 1.86 bits per heavy atom. The highest BCUT2D eigenvalue weighted by atomic mass is 16.5. The molecule has 3 rings (SSSR count). The lowest BCUT2D eigenvalue weighted by molar-refractivity contribution is 0.122. The van der Waals surface area contributed by atoms with Crippen molar-refractivity contribution in [3.8, 4) is 0 Å². The van der Waals surface area contributed by atoms with Crippen LogP contribution in [0, 0.1) is 0 Å². The van der Waals surface area contributed by atoms with Crippen LogP contribution in [-0.4, -0.2) is 36.3 Å². The molecule has 0 spiro atoms. The van der Waals surface area contributed by atoms with Crippen molar-refractivity contribution in [1.82, 2.24) is 9.97 Å². The van der Waals surface area contributed by atoms with Crippen LogP contribution in [0.25, 0.3) is 0 Å². The van der Waals surface area contributed by atoms with E-state index in [2.05, 4.69) is 39.1 Å². The van der Waals surface area contributed by atoms with Crippen LogP contribution in [0.2, 0.25) is 0 Å². The molecule has 1 aliphatic heterocycles. The summed E-state index contributed by atoms with van der Waals surface area (Å²) in [7, 11) is 0. The molecule has 1 aliphatic rings. The topological polar surface area (TPSA) is 64.3 Å². The predicted octanol–water partition coefficient (Wildman–Crippen LogP) is 1.68. The van der Waals surface area contributed by atoms with Gasteiger partial charge < -0.3 is 15.4 Å². The Hall–Kier alpha value is -2.14. The van der Waals surface area contributed by atoms with Crippen molar-refractivity contribution >= 4 is 11.8 Å².